The predicted molar refractivity (Wildman–Crippen MR) is 82.5 cm³/mol. The van der Waals surface area contributed by atoms with E-state index in [0.29, 0.717) is 17.4 Å². The van der Waals surface area contributed by atoms with E-state index in [9.17, 15) is 4.79 Å². The van der Waals surface area contributed by atoms with Gasteiger partial charge in [0.15, 0.2) is 0 Å². The Morgan fingerprint density at radius 1 is 1.00 bits per heavy atom. The molecule has 2 heterocycles. The average molecular weight is 294 g/mol. The molecule has 0 fully saturated rings. The highest BCUT2D eigenvalue weighted by Gasteiger charge is 2.08. The number of rotatable bonds is 2. The Kier molecular flexibility index (Phi) is 2.75. The first-order chi connectivity index (χ1) is 10.3. The zero-order chi connectivity index (χ0) is 14.2. The summed E-state index contributed by atoms with van der Waals surface area (Å²) in [6, 6.07) is 15.1. The van der Waals surface area contributed by atoms with Gasteiger partial charge in [0.25, 0.3) is 5.56 Å². The first kappa shape index (κ1) is 12.2. The Morgan fingerprint density at radius 3 is 2.62 bits per heavy atom. The molecular formula is C15H10N4OS. The molecule has 0 N–H and O–H groups in total. The molecule has 2 aromatic carbocycles. The lowest BCUT2D eigenvalue weighted by Crippen LogP contribution is -2.24. The molecule has 0 aliphatic rings. The number of hydrogen-bond donors (Lipinski definition) is 0. The van der Waals surface area contributed by atoms with Gasteiger partial charge < -0.3 is 0 Å². The van der Waals surface area contributed by atoms with Gasteiger partial charge in [0.2, 0.25) is 0 Å². The SMILES string of the molecule is O=c1c2ccccc2nnn1Cc1nc2ccccc2s1. The number of fused-ring (bicyclic) bond motifs is 2. The van der Waals surface area contributed by atoms with Crippen molar-refractivity contribution < 1.29 is 0 Å². The lowest BCUT2D eigenvalue weighted by atomic mass is 10.2. The Hall–Kier alpha value is -2.60. The van der Waals surface area contributed by atoms with Crippen LogP contribution in [0.2, 0.25) is 0 Å². The van der Waals surface area contributed by atoms with Crippen LogP contribution in [0.15, 0.2) is 53.3 Å². The van der Waals surface area contributed by atoms with Crippen LogP contribution in [0, 0.1) is 0 Å². The maximum Gasteiger partial charge on any atom is 0.277 e. The quantitative estimate of drug-likeness (QED) is 0.570. The van der Waals surface area contributed by atoms with Gasteiger partial charge in [-0.15, -0.1) is 16.4 Å². The summed E-state index contributed by atoms with van der Waals surface area (Å²) < 4.78 is 2.47. The van der Waals surface area contributed by atoms with Gasteiger partial charge in [-0.2, -0.15) is 0 Å². The van der Waals surface area contributed by atoms with Crippen LogP contribution in [0.5, 0.6) is 0 Å². The highest BCUT2D eigenvalue weighted by Crippen LogP contribution is 2.21. The summed E-state index contributed by atoms with van der Waals surface area (Å²) in [6.45, 7) is 0.343. The fourth-order valence-electron chi connectivity index (χ4n) is 2.24. The van der Waals surface area contributed by atoms with Crippen molar-refractivity contribution in [1.82, 2.24) is 20.0 Å². The largest absolute Gasteiger partial charge is 0.277 e. The average Bonchev–Trinajstić information content (AvgIpc) is 2.93. The Morgan fingerprint density at radius 2 is 1.76 bits per heavy atom. The van der Waals surface area contributed by atoms with Crippen molar-refractivity contribution in [3.05, 3.63) is 63.9 Å². The van der Waals surface area contributed by atoms with Crippen LogP contribution in [0.4, 0.5) is 0 Å². The third-order valence-electron chi connectivity index (χ3n) is 3.25. The minimum Gasteiger partial charge on any atom is -0.267 e. The second-order valence-corrected chi connectivity index (χ2v) is 5.76. The number of aromatic nitrogens is 4. The van der Waals surface area contributed by atoms with Gasteiger partial charge in [-0.25, -0.2) is 9.67 Å². The molecule has 0 atom stereocenters. The minimum absolute atomic E-state index is 0.139. The van der Waals surface area contributed by atoms with E-state index in [4.69, 9.17) is 0 Å². The molecule has 2 aromatic heterocycles. The Balaban J connectivity index is 1.80. The highest BCUT2D eigenvalue weighted by atomic mass is 32.1. The molecule has 21 heavy (non-hydrogen) atoms. The monoisotopic (exact) mass is 294 g/mol. The number of benzene rings is 2. The van der Waals surface area contributed by atoms with Gasteiger partial charge in [-0.05, 0) is 24.3 Å². The van der Waals surface area contributed by atoms with Crippen LogP contribution < -0.4 is 5.56 Å². The molecular weight excluding hydrogens is 284 g/mol. The molecule has 0 saturated carbocycles. The smallest absolute Gasteiger partial charge is 0.267 e. The summed E-state index contributed by atoms with van der Waals surface area (Å²) in [4.78, 5) is 16.9. The van der Waals surface area contributed by atoms with Gasteiger partial charge in [-0.3, -0.25) is 4.79 Å². The zero-order valence-electron chi connectivity index (χ0n) is 10.9. The molecule has 5 nitrogen and oxygen atoms in total. The van der Waals surface area contributed by atoms with Crippen LogP contribution >= 0.6 is 11.3 Å². The highest BCUT2D eigenvalue weighted by molar-refractivity contribution is 7.18. The van der Waals surface area contributed by atoms with E-state index in [2.05, 4.69) is 15.3 Å². The normalized spacial score (nSPS) is 11.2. The van der Waals surface area contributed by atoms with E-state index in [1.807, 2.05) is 36.4 Å². The van der Waals surface area contributed by atoms with E-state index in [1.165, 1.54) is 4.68 Å². The fraction of sp³-hybridized carbons (Fsp3) is 0.0667. The first-order valence-electron chi connectivity index (χ1n) is 6.48. The van der Waals surface area contributed by atoms with Crippen molar-refractivity contribution in [2.24, 2.45) is 0 Å². The third-order valence-corrected chi connectivity index (χ3v) is 4.27. The van der Waals surface area contributed by atoms with Crippen LogP contribution in [-0.2, 0) is 6.54 Å². The summed E-state index contributed by atoms with van der Waals surface area (Å²) in [7, 11) is 0. The second kappa shape index (κ2) is 4.75. The van der Waals surface area contributed by atoms with E-state index >= 15 is 0 Å². The van der Waals surface area contributed by atoms with Crippen molar-refractivity contribution in [1.29, 1.82) is 0 Å². The van der Waals surface area contributed by atoms with Gasteiger partial charge in [0.1, 0.15) is 10.5 Å². The minimum atomic E-state index is -0.139. The van der Waals surface area contributed by atoms with E-state index in [-0.39, 0.29) is 5.56 Å². The van der Waals surface area contributed by atoms with Crippen LogP contribution in [0.3, 0.4) is 0 Å². The van der Waals surface area contributed by atoms with Crippen LogP contribution in [0.25, 0.3) is 21.1 Å². The maximum absolute atomic E-state index is 12.4. The van der Waals surface area contributed by atoms with Crippen molar-refractivity contribution in [2.75, 3.05) is 0 Å². The van der Waals surface area contributed by atoms with Crippen molar-refractivity contribution in [3.8, 4) is 0 Å². The number of para-hydroxylation sites is 1. The molecule has 4 aromatic rings. The van der Waals surface area contributed by atoms with Gasteiger partial charge >= 0.3 is 0 Å². The molecule has 0 aliphatic carbocycles. The summed E-state index contributed by atoms with van der Waals surface area (Å²) in [5.41, 5.74) is 1.42. The fourth-order valence-corrected chi connectivity index (χ4v) is 3.19. The van der Waals surface area contributed by atoms with Crippen molar-refractivity contribution in [2.45, 2.75) is 6.54 Å². The summed E-state index contributed by atoms with van der Waals surface area (Å²) in [6.07, 6.45) is 0. The standard InChI is InChI=1S/C15H10N4OS/c20-15-10-5-1-2-6-11(10)17-18-19(15)9-14-16-12-7-3-4-8-13(12)21-14/h1-8H,9H2. The van der Waals surface area contributed by atoms with Crippen molar-refractivity contribution in [3.63, 3.8) is 0 Å². The van der Waals surface area contributed by atoms with Crippen LogP contribution in [0.1, 0.15) is 5.01 Å². The molecule has 0 unspecified atom stereocenters. The summed E-state index contributed by atoms with van der Waals surface area (Å²) >= 11 is 1.57. The molecule has 0 radical (unpaired) electrons. The molecule has 0 amide bonds. The van der Waals surface area contributed by atoms with Crippen LogP contribution in [-0.4, -0.2) is 20.0 Å². The number of thiazole rings is 1. The van der Waals surface area contributed by atoms with E-state index in [0.717, 1.165) is 15.2 Å². The van der Waals surface area contributed by atoms with E-state index in [1.54, 1.807) is 23.5 Å². The number of hydrogen-bond acceptors (Lipinski definition) is 5. The summed E-state index contributed by atoms with van der Waals surface area (Å²) in [5, 5.41) is 9.50. The maximum atomic E-state index is 12.4. The molecule has 0 spiro atoms. The molecule has 0 saturated heterocycles. The lowest BCUT2D eigenvalue weighted by Gasteiger charge is -2.01. The molecule has 0 bridgehead atoms. The third kappa shape index (κ3) is 2.09. The van der Waals surface area contributed by atoms with Gasteiger partial charge in [0, 0.05) is 0 Å². The molecule has 102 valence electrons. The zero-order valence-corrected chi connectivity index (χ0v) is 11.7. The molecule has 6 heteroatoms. The first-order valence-corrected chi connectivity index (χ1v) is 7.30. The predicted octanol–water partition coefficient (Wildman–Crippen LogP) is 2.45. The molecule has 0 aliphatic heterocycles. The lowest BCUT2D eigenvalue weighted by molar-refractivity contribution is 0.599. The van der Waals surface area contributed by atoms with Gasteiger partial charge in [0.05, 0.1) is 22.1 Å². The number of nitrogens with zero attached hydrogens (tertiary/aromatic N) is 4. The Bertz CT molecular complexity index is 972. The van der Waals surface area contributed by atoms with E-state index < -0.39 is 0 Å². The topological polar surface area (TPSA) is 60.7 Å². The van der Waals surface area contributed by atoms with Crippen molar-refractivity contribution >= 4 is 32.5 Å². The van der Waals surface area contributed by atoms with Gasteiger partial charge in [-0.1, -0.05) is 29.5 Å². The Labute approximate surface area is 123 Å². The summed E-state index contributed by atoms with van der Waals surface area (Å²) in [5.74, 6) is 0. The molecule has 4 rings (SSSR count). The second-order valence-electron chi connectivity index (χ2n) is 4.64.